The number of quaternary nitrogens is 1. The Labute approximate surface area is 288 Å². The number of halogens is 6. The number of benzene rings is 5. The minimum atomic E-state index is -4.94. The van der Waals surface area contributed by atoms with Crippen molar-refractivity contribution in [2.45, 2.75) is 44.5 Å². The summed E-state index contributed by atoms with van der Waals surface area (Å²) in [6.45, 7) is 9.48. The van der Waals surface area contributed by atoms with Crippen molar-refractivity contribution in [3.8, 4) is 0 Å². The Morgan fingerprint density at radius 2 is 1.42 bits per heavy atom. The highest BCUT2D eigenvalue weighted by Crippen LogP contribution is 2.47. The number of anilines is 1. The van der Waals surface area contributed by atoms with E-state index in [1.54, 1.807) is 6.07 Å². The van der Waals surface area contributed by atoms with E-state index in [1.807, 2.05) is 66.7 Å². The van der Waals surface area contributed by atoms with E-state index in [9.17, 15) is 26.3 Å². The monoisotopic (exact) mass is 683 g/mol. The maximum atomic E-state index is 13.7. The highest BCUT2D eigenvalue weighted by Gasteiger charge is 2.40. The van der Waals surface area contributed by atoms with E-state index in [-0.39, 0.29) is 17.2 Å². The van der Waals surface area contributed by atoms with Crippen LogP contribution in [0.3, 0.4) is 0 Å². The minimum Gasteiger partial charge on any atom is -0.344 e. The Kier molecular flexibility index (Phi) is 9.51. The molecule has 0 saturated carbocycles. The predicted octanol–water partition coefficient (Wildman–Crippen LogP) is 11.0. The van der Waals surface area contributed by atoms with Crippen LogP contribution in [-0.2, 0) is 30.6 Å². The highest BCUT2D eigenvalue weighted by atomic mass is 19.4. The van der Waals surface area contributed by atoms with Crippen LogP contribution in [0.15, 0.2) is 145 Å². The van der Waals surface area contributed by atoms with E-state index in [0.29, 0.717) is 12.1 Å². The van der Waals surface area contributed by atoms with Gasteiger partial charge in [-0.05, 0) is 47.2 Å². The van der Waals surface area contributed by atoms with Crippen molar-refractivity contribution in [1.29, 1.82) is 0 Å². The molecule has 0 fully saturated rings. The van der Waals surface area contributed by atoms with E-state index < -0.39 is 23.5 Å². The van der Waals surface area contributed by atoms with Crippen LogP contribution in [0.1, 0.15) is 41.7 Å². The summed E-state index contributed by atoms with van der Waals surface area (Å²) in [6, 6.07) is 31.5. The van der Waals surface area contributed by atoms with E-state index >= 15 is 0 Å². The molecule has 0 amide bonds. The SMILES string of the molecule is C=C(/C=C/C=C1/N(CCc2ccccc2)c2ccccc2C1(C)C)Cc1ccc2ccccc2c1[NH2+]c1cc(C(F)(F)F)cc(C(F)(F)F)c1. The summed E-state index contributed by atoms with van der Waals surface area (Å²) in [7, 11) is 0. The van der Waals surface area contributed by atoms with Gasteiger partial charge in [-0.1, -0.05) is 117 Å². The first-order valence-electron chi connectivity index (χ1n) is 16.3. The standard InChI is InChI=1S/C42H36F6N2/c1-28(12-11-19-38-40(2,3)36-17-9-10-18-37(36)50(38)23-22-29-13-5-4-6-14-29)24-31-21-20-30-15-7-8-16-35(30)39(31)49-34-26-32(41(43,44)45)25-33(27-34)42(46,47)48/h4-21,25-27,49H,1,22-24H2,2-3H3/p+1/b12-11+,38-19+. The van der Waals surface area contributed by atoms with Crippen LogP contribution < -0.4 is 10.2 Å². The fraction of sp³-hybridized carbons (Fsp3) is 0.190. The average molecular weight is 684 g/mol. The van der Waals surface area contributed by atoms with Gasteiger partial charge in [0, 0.05) is 52.8 Å². The van der Waals surface area contributed by atoms with E-state index in [1.165, 1.54) is 22.1 Å². The fourth-order valence-electron chi connectivity index (χ4n) is 6.74. The van der Waals surface area contributed by atoms with Crippen molar-refractivity contribution in [2.24, 2.45) is 0 Å². The summed E-state index contributed by atoms with van der Waals surface area (Å²) < 4.78 is 82.0. The molecule has 5 aromatic carbocycles. The number of para-hydroxylation sites is 1. The summed E-state index contributed by atoms with van der Waals surface area (Å²) in [5.74, 6) is 0. The summed E-state index contributed by atoms with van der Waals surface area (Å²) >= 11 is 0. The van der Waals surface area contributed by atoms with Crippen LogP contribution in [0.2, 0.25) is 0 Å². The molecule has 2 nitrogen and oxygen atoms in total. The molecule has 256 valence electrons. The Morgan fingerprint density at radius 1 is 0.780 bits per heavy atom. The van der Waals surface area contributed by atoms with E-state index in [0.717, 1.165) is 52.7 Å². The Bertz CT molecular complexity index is 2060. The average Bonchev–Trinajstić information content (AvgIpc) is 3.29. The predicted molar refractivity (Wildman–Crippen MR) is 189 cm³/mol. The molecule has 5 aromatic rings. The third-order valence-electron chi connectivity index (χ3n) is 9.25. The van der Waals surface area contributed by atoms with Crippen molar-refractivity contribution in [1.82, 2.24) is 0 Å². The molecule has 1 aliphatic heterocycles. The van der Waals surface area contributed by atoms with Gasteiger partial charge in [-0.2, -0.15) is 26.3 Å². The fourth-order valence-corrected chi connectivity index (χ4v) is 6.74. The summed E-state index contributed by atoms with van der Waals surface area (Å²) in [6.07, 6.45) is -2.69. The van der Waals surface area contributed by atoms with Crippen LogP contribution in [0.5, 0.6) is 0 Å². The zero-order chi connectivity index (χ0) is 35.7. The van der Waals surface area contributed by atoms with Gasteiger partial charge in [-0.3, -0.25) is 5.32 Å². The van der Waals surface area contributed by atoms with Gasteiger partial charge >= 0.3 is 12.4 Å². The molecule has 0 aliphatic carbocycles. The summed E-state index contributed by atoms with van der Waals surface area (Å²) in [5.41, 5.74) is 3.68. The quantitative estimate of drug-likeness (QED) is 0.0931. The van der Waals surface area contributed by atoms with Crippen LogP contribution in [0, 0.1) is 0 Å². The molecular formula is C42H37F6N2+. The normalized spacial score (nSPS) is 15.3. The van der Waals surface area contributed by atoms with Gasteiger partial charge in [0.25, 0.3) is 0 Å². The minimum absolute atomic E-state index is 0.148. The van der Waals surface area contributed by atoms with Gasteiger partial charge < -0.3 is 4.90 Å². The lowest BCUT2D eigenvalue weighted by Gasteiger charge is -2.27. The topological polar surface area (TPSA) is 19.9 Å². The van der Waals surface area contributed by atoms with Gasteiger partial charge in [0.2, 0.25) is 0 Å². The summed E-state index contributed by atoms with van der Waals surface area (Å²) in [4.78, 5) is 2.36. The molecule has 6 rings (SSSR count). The van der Waals surface area contributed by atoms with E-state index in [2.05, 4.69) is 61.7 Å². The molecule has 2 N–H and O–H groups in total. The second kappa shape index (κ2) is 13.7. The van der Waals surface area contributed by atoms with Gasteiger partial charge in [0.1, 0.15) is 11.4 Å². The molecule has 0 saturated heterocycles. The lowest BCUT2D eigenvalue weighted by Crippen LogP contribution is -2.71. The van der Waals surface area contributed by atoms with Crippen LogP contribution in [-0.4, -0.2) is 6.54 Å². The number of alkyl halides is 6. The Hall–Kier alpha value is -5.08. The molecular weight excluding hydrogens is 646 g/mol. The molecule has 0 aromatic heterocycles. The number of nitrogens with zero attached hydrogens (tertiary/aromatic N) is 1. The van der Waals surface area contributed by atoms with Crippen LogP contribution in [0.4, 0.5) is 43.4 Å². The van der Waals surface area contributed by atoms with Gasteiger partial charge in [0.05, 0.1) is 11.1 Å². The third-order valence-corrected chi connectivity index (χ3v) is 9.25. The first-order valence-corrected chi connectivity index (χ1v) is 16.3. The highest BCUT2D eigenvalue weighted by molar-refractivity contribution is 5.92. The molecule has 0 spiro atoms. The lowest BCUT2D eigenvalue weighted by molar-refractivity contribution is -0.477. The molecule has 1 aliphatic rings. The second-order valence-corrected chi connectivity index (χ2v) is 13.1. The summed E-state index contributed by atoms with van der Waals surface area (Å²) in [5, 5.41) is 2.94. The van der Waals surface area contributed by atoms with Crippen LogP contribution in [0.25, 0.3) is 10.8 Å². The smallest absolute Gasteiger partial charge is 0.344 e. The van der Waals surface area contributed by atoms with Crippen molar-refractivity contribution in [2.75, 3.05) is 11.4 Å². The number of nitrogens with two attached hydrogens (primary N) is 1. The van der Waals surface area contributed by atoms with Crippen molar-refractivity contribution >= 4 is 27.8 Å². The zero-order valence-electron chi connectivity index (χ0n) is 27.7. The van der Waals surface area contributed by atoms with Gasteiger partial charge in [-0.15, -0.1) is 0 Å². The van der Waals surface area contributed by atoms with Crippen molar-refractivity contribution < 1.29 is 31.7 Å². The number of hydrogen-bond donors (Lipinski definition) is 1. The number of fused-ring (bicyclic) bond motifs is 2. The first kappa shape index (κ1) is 34.8. The molecule has 1 heterocycles. The van der Waals surface area contributed by atoms with Crippen LogP contribution >= 0.6 is 0 Å². The zero-order valence-corrected chi connectivity index (χ0v) is 27.7. The molecule has 50 heavy (non-hydrogen) atoms. The van der Waals surface area contributed by atoms with Crippen molar-refractivity contribution in [3.05, 3.63) is 173 Å². The molecule has 0 unspecified atom stereocenters. The van der Waals surface area contributed by atoms with Crippen molar-refractivity contribution in [3.63, 3.8) is 0 Å². The molecule has 0 bridgehead atoms. The molecule has 0 atom stereocenters. The third kappa shape index (κ3) is 7.41. The Balaban J connectivity index is 1.30. The lowest BCUT2D eigenvalue weighted by atomic mass is 9.83. The Morgan fingerprint density at radius 3 is 2.12 bits per heavy atom. The first-order chi connectivity index (χ1) is 23.7. The largest absolute Gasteiger partial charge is 0.416 e. The maximum absolute atomic E-state index is 13.7. The number of rotatable bonds is 9. The van der Waals surface area contributed by atoms with Gasteiger partial charge in [-0.25, -0.2) is 0 Å². The van der Waals surface area contributed by atoms with E-state index in [4.69, 9.17) is 0 Å². The molecule has 8 heteroatoms. The maximum Gasteiger partial charge on any atom is 0.416 e. The second-order valence-electron chi connectivity index (χ2n) is 13.1. The molecule has 0 radical (unpaired) electrons. The number of hydrogen-bond acceptors (Lipinski definition) is 1. The number of allylic oxidation sites excluding steroid dienone is 5. The van der Waals surface area contributed by atoms with Gasteiger partial charge in [0.15, 0.2) is 0 Å².